The fourth-order valence-corrected chi connectivity index (χ4v) is 6.37. The highest BCUT2D eigenvalue weighted by Gasteiger charge is 2.17. The lowest BCUT2D eigenvalue weighted by Gasteiger charge is -2.19. The Morgan fingerprint density at radius 2 is 0.725 bits per heavy atom. The lowest BCUT2D eigenvalue weighted by atomic mass is 9.84. The van der Waals surface area contributed by atoms with E-state index in [0.717, 1.165) is 0 Å². The first-order chi connectivity index (χ1) is 19.8. The van der Waals surface area contributed by atoms with E-state index < -0.39 is 0 Å². The molecule has 0 spiro atoms. The van der Waals surface area contributed by atoms with E-state index in [0.29, 0.717) is 0 Å². The van der Waals surface area contributed by atoms with E-state index in [9.17, 15) is 0 Å². The van der Waals surface area contributed by atoms with Gasteiger partial charge in [-0.05, 0) is 82.5 Å². The van der Waals surface area contributed by atoms with Gasteiger partial charge in [0.2, 0.25) is 0 Å². The van der Waals surface area contributed by atoms with Crippen LogP contribution in [0.2, 0.25) is 0 Å². The summed E-state index contributed by atoms with van der Waals surface area (Å²) in [7, 11) is 0. The van der Waals surface area contributed by atoms with E-state index in [1.807, 2.05) is 0 Å². The summed E-state index contributed by atoms with van der Waals surface area (Å²) in [6.45, 7) is 0. The van der Waals surface area contributed by atoms with Crippen molar-refractivity contribution in [1.29, 1.82) is 0 Å². The summed E-state index contributed by atoms with van der Waals surface area (Å²) in [5.41, 5.74) is 7.59. The highest BCUT2D eigenvalue weighted by molar-refractivity contribution is 6.23. The average Bonchev–Trinajstić information content (AvgIpc) is 3.03. The minimum atomic E-state index is 1.23. The Hall–Kier alpha value is -5.20. The molecule has 0 radical (unpaired) electrons. The summed E-state index contributed by atoms with van der Waals surface area (Å²) in [5.74, 6) is 0. The standard InChI is InChI=1S/C40H26/c1-2-12-31-26-32(25-22-27(31)10-1)28-20-23-30(24-21-28)39-35-15-5-7-17-37(35)40(38-18-8-6-16-36(38)39)34-19-9-13-29-11-3-4-14-33(29)34/h1-26H. The number of hydrogen-bond donors (Lipinski definition) is 0. The molecule has 0 saturated heterocycles. The molecule has 0 aliphatic heterocycles. The maximum Gasteiger partial charge on any atom is -0.00201 e. The predicted molar refractivity (Wildman–Crippen MR) is 173 cm³/mol. The van der Waals surface area contributed by atoms with Crippen molar-refractivity contribution in [3.05, 3.63) is 158 Å². The van der Waals surface area contributed by atoms with Gasteiger partial charge in [-0.3, -0.25) is 0 Å². The highest BCUT2D eigenvalue weighted by atomic mass is 14.2. The molecule has 8 aromatic rings. The second kappa shape index (κ2) is 9.22. The van der Waals surface area contributed by atoms with Crippen LogP contribution in [0.3, 0.4) is 0 Å². The van der Waals surface area contributed by atoms with Crippen LogP contribution in [-0.2, 0) is 0 Å². The lowest BCUT2D eigenvalue weighted by Crippen LogP contribution is -1.91. The molecule has 0 unspecified atom stereocenters. The van der Waals surface area contributed by atoms with Crippen LogP contribution in [0.25, 0.3) is 76.5 Å². The maximum absolute atomic E-state index is 2.29. The third kappa shape index (κ3) is 3.61. The molecular weight excluding hydrogens is 480 g/mol. The first kappa shape index (κ1) is 22.8. The van der Waals surface area contributed by atoms with Gasteiger partial charge in [0.1, 0.15) is 0 Å². The Bertz CT molecular complexity index is 2140. The minimum absolute atomic E-state index is 1.23. The number of rotatable bonds is 3. The number of benzene rings is 8. The van der Waals surface area contributed by atoms with Crippen molar-refractivity contribution in [2.24, 2.45) is 0 Å². The topological polar surface area (TPSA) is 0 Å². The van der Waals surface area contributed by atoms with Crippen LogP contribution in [0.4, 0.5) is 0 Å². The largest absolute Gasteiger partial charge is 0.0616 e. The molecule has 8 aromatic carbocycles. The highest BCUT2D eigenvalue weighted by Crippen LogP contribution is 2.45. The molecule has 0 aliphatic rings. The van der Waals surface area contributed by atoms with E-state index in [2.05, 4.69) is 158 Å². The van der Waals surface area contributed by atoms with E-state index in [1.165, 1.54) is 76.5 Å². The number of hydrogen-bond acceptors (Lipinski definition) is 0. The van der Waals surface area contributed by atoms with Crippen LogP contribution < -0.4 is 0 Å². The first-order valence-corrected chi connectivity index (χ1v) is 13.9. The molecule has 0 saturated carbocycles. The van der Waals surface area contributed by atoms with E-state index in [4.69, 9.17) is 0 Å². The molecule has 0 heteroatoms. The van der Waals surface area contributed by atoms with Crippen LogP contribution >= 0.6 is 0 Å². The molecule has 0 fully saturated rings. The fraction of sp³-hybridized carbons (Fsp3) is 0. The van der Waals surface area contributed by atoms with Crippen LogP contribution in [0.1, 0.15) is 0 Å². The van der Waals surface area contributed by atoms with Crippen molar-refractivity contribution in [3.8, 4) is 33.4 Å². The zero-order valence-electron chi connectivity index (χ0n) is 22.0. The minimum Gasteiger partial charge on any atom is -0.0616 e. The van der Waals surface area contributed by atoms with E-state index in [-0.39, 0.29) is 0 Å². The summed E-state index contributed by atoms with van der Waals surface area (Å²) < 4.78 is 0. The van der Waals surface area contributed by atoms with Crippen molar-refractivity contribution < 1.29 is 0 Å². The zero-order valence-corrected chi connectivity index (χ0v) is 22.0. The Kier molecular flexibility index (Phi) is 5.24. The van der Waals surface area contributed by atoms with Gasteiger partial charge in [-0.1, -0.05) is 152 Å². The molecule has 0 atom stereocenters. The zero-order chi connectivity index (χ0) is 26.5. The fourth-order valence-electron chi connectivity index (χ4n) is 6.37. The molecule has 0 aromatic heterocycles. The molecule has 0 nitrogen and oxygen atoms in total. The Morgan fingerprint density at radius 1 is 0.250 bits per heavy atom. The Balaban J connectivity index is 1.36. The van der Waals surface area contributed by atoms with Gasteiger partial charge in [0, 0.05) is 0 Å². The summed E-state index contributed by atoms with van der Waals surface area (Å²) in [6, 6.07) is 57.5. The molecule has 8 rings (SSSR count). The van der Waals surface area contributed by atoms with Crippen molar-refractivity contribution in [2.75, 3.05) is 0 Å². The SMILES string of the molecule is c1ccc2cc(-c3ccc(-c4c5ccccc5c(-c5cccc6ccccc56)c5ccccc45)cc3)ccc2c1. The van der Waals surface area contributed by atoms with Gasteiger partial charge < -0.3 is 0 Å². The van der Waals surface area contributed by atoms with Gasteiger partial charge in [0.05, 0.1) is 0 Å². The Labute approximate surface area is 233 Å². The molecule has 0 N–H and O–H groups in total. The summed E-state index contributed by atoms with van der Waals surface area (Å²) in [4.78, 5) is 0. The summed E-state index contributed by atoms with van der Waals surface area (Å²) in [5, 5.41) is 10.2. The molecule has 0 aliphatic carbocycles. The quantitative estimate of drug-likeness (QED) is 0.209. The molecule has 40 heavy (non-hydrogen) atoms. The summed E-state index contributed by atoms with van der Waals surface area (Å²) >= 11 is 0. The monoisotopic (exact) mass is 506 g/mol. The second-order valence-corrected chi connectivity index (χ2v) is 10.5. The number of fused-ring (bicyclic) bond motifs is 4. The van der Waals surface area contributed by atoms with Crippen LogP contribution in [0, 0.1) is 0 Å². The molecule has 0 bridgehead atoms. The molecule has 0 heterocycles. The Morgan fingerprint density at radius 3 is 1.40 bits per heavy atom. The molecule has 186 valence electrons. The van der Waals surface area contributed by atoms with E-state index in [1.54, 1.807) is 0 Å². The smallest absolute Gasteiger partial charge is 0.00201 e. The summed E-state index contributed by atoms with van der Waals surface area (Å²) in [6.07, 6.45) is 0. The van der Waals surface area contributed by atoms with Crippen molar-refractivity contribution in [2.45, 2.75) is 0 Å². The van der Waals surface area contributed by atoms with Crippen LogP contribution in [0.15, 0.2) is 158 Å². The van der Waals surface area contributed by atoms with Crippen LogP contribution in [0.5, 0.6) is 0 Å². The van der Waals surface area contributed by atoms with Crippen molar-refractivity contribution >= 4 is 43.1 Å². The van der Waals surface area contributed by atoms with Gasteiger partial charge in [-0.15, -0.1) is 0 Å². The molecular formula is C40H26. The normalized spacial score (nSPS) is 11.5. The maximum atomic E-state index is 2.29. The first-order valence-electron chi connectivity index (χ1n) is 13.9. The van der Waals surface area contributed by atoms with Gasteiger partial charge in [0.15, 0.2) is 0 Å². The predicted octanol–water partition coefficient (Wildman–Crippen LogP) is 11.3. The van der Waals surface area contributed by atoms with E-state index >= 15 is 0 Å². The van der Waals surface area contributed by atoms with Gasteiger partial charge in [-0.2, -0.15) is 0 Å². The second-order valence-electron chi connectivity index (χ2n) is 10.5. The van der Waals surface area contributed by atoms with Crippen molar-refractivity contribution in [1.82, 2.24) is 0 Å². The third-order valence-electron chi connectivity index (χ3n) is 8.25. The lowest BCUT2D eigenvalue weighted by molar-refractivity contribution is 1.63. The van der Waals surface area contributed by atoms with Crippen molar-refractivity contribution in [3.63, 3.8) is 0 Å². The third-order valence-corrected chi connectivity index (χ3v) is 8.25. The van der Waals surface area contributed by atoms with Gasteiger partial charge in [-0.25, -0.2) is 0 Å². The average molecular weight is 507 g/mol. The van der Waals surface area contributed by atoms with Gasteiger partial charge in [0.25, 0.3) is 0 Å². The van der Waals surface area contributed by atoms with Crippen LogP contribution in [-0.4, -0.2) is 0 Å². The molecule has 0 amide bonds. The van der Waals surface area contributed by atoms with Gasteiger partial charge >= 0.3 is 0 Å².